The molecule has 0 bridgehead atoms. The number of hydrogen-bond donors (Lipinski definition) is 0. The fourth-order valence-corrected chi connectivity index (χ4v) is 2.97. The molecule has 0 atom stereocenters. The van der Waals surface area contributed by atoms with E-state index in [1.807, 2.05) is 19.9 Å². The maximum Gasteiger partial charge on any atom is 0.138 e. The van der Waals surface area contributed by atoms with Crippen LogP contribution in [0.3, 0.4) is 0 Å². The van der Waals surface area contributed by atoms with Gasteiger partial charge in [0.1, 0.15) is 5.76 Å². The second kappa shape index (κ2) is 7.07. The van der Waals surface area contributed by atoms with Gasteiger partial charge in [-0.3, -0.25) is 4.90 Å². The molecule has 1 fully saturated rings. The second-order valence-electron chi connectivity index (χ2n) is 6.07. The van der Waals surface area contributed by atoms with Crippen molar-refractivity contribution >= 4 is 0 Å². The van der Waals surface area contributed by atoms with Crippen LogP contribution >= 0.6 is 0 Å². The van der Waals surface area contributed by atoms with Crippen molar-refractivity contribution in [3.05, 3.63) is 52.9 Å². The third-order valence-corrected chi connectivity index (χ3v) is 4.43. The molecular weight excluding hydrogens is 276 g/mol. The van der Waals surface area contributed by atoms with E-state index in [-0.39, 0.29) is 0 Å². The molecule has 22 heavy (non-hydrogen) atoms. The van der Waals surface area contributed by atoms with Crippen molar-refractivity contribution in [2.45, 2.75) is 45.9 Å². The van der Waals surface area contributed by atoms with E-state index in [1.54, 1.807) is 0 Å². The summed E-state index contributed by atoms with van der Waals surface area (Å²) in [6, 6.07) is 10.4. The van der Waals surface area contributed by atoms with Crippen LogP contribution < -0.4 is 0 Å². The maximum atomic E-state index is 6.04. The standard InChI is InChI=1S/C18H24N2O2/c1-14-18(15(2)22-19-14)12-20-10-8-17(9-11-20)21-13-16-6-4-3-5-7-16/h3-7,17H,8-13H2,1-2H3. The quantitative estimate of drug-likeness (QED) is 0.847. The van der Waals surface area contributed by atoms with E-state index in [2.05, 4.69) is 34.3 Å². The molecule has 4 nitrogen and oxygen atoms in total. The molecule has 1 aromatic carbocycles. The molecule has 0 radical (unpaired) electrons. The van der Waals surface area contributed by atoms with Crippen molar-refractivity contribution in [1.82, 2.24) is 10.1 Å². The van der Waals surface area contributed by atoms with Gasteiger partial charge >= 0.3 is 0 Å². The molecule has 0 spiro atoms. The van der Waals surface area contributed by atoms with E-state index in [9.17, 15) is 0 Å². The molecule has 2 aromatic rings. The van der Waals surface area contributed by atoms with Crippen LogP contribution in [0.5, 0.6) is 0 Å². The molecule has 0 unspecified atom stereocenters. The second-order valence-corrected chi connectivity index (χ2v) is 6.07. The molecular formula is C18H24N2O2. The van der Waals surface area contributed by atoms with Crippen molar-refractivity contribution in [2.75, 3.05) is 13.1 Å². The Morgan fingerprint density at radius 3 is 2.55 bits per heavy atom. The van der Waals surface area contributed by atoms with E-state index >= 15 is 0 Å². The number of rotatable bonds is 5. The summed E-state index contributed by atoms with van der Waals surface area (Å²) in [7, 11) is 0. The van der Waals surface area contributed by atoms with Gasteiger partial charge in [-0.05, 0) is 32.3 Å². The van der Waals surface area contributed by atoms with Crippen molar-refractivity contribution in [1.29, 1.82) is 0 Å². The van der Waals surface area contributed by atoms with Crippen LogP contribution in [0, 0.1) is 13.8 Å². The topological polar surface area (TPSA) is 38.5 Å². The molecule has 0 saturated carbocycles. The zero-order chi connectivity index (χ0) is 15.4. The summed E-state index contributed by atoms with van der Waals surface area (Å²) in [6.45, 7) is 7.81. The maximum absolute atomic E-state index is 6.04. The predicted molar refractivity (Wildman–Crippen MR) is 85.5 cm³/mol. The number of hydrogen-bond acceptors (Lipinski definition) is 4. The summed E-state index contributed by atoms with van der Waals surface area (Å²) < 4.78 is 11.3. The van der Waals surface area contributed by atoms with Crippen LogP contribution in [0.2, 0.25) is 0 Å². The van der Waals surface area contributed by atoms with Crippen LogP contribution in [0.4, 0.5) is 0 Å². The Balaban J connectivity index is 1.44. The van der Waals surface area contributed by atoms with Crippen LogP contribution in [0.15, 0.2) is 34.9 Å². The van der Waals surface area contributed by atoms with Crippen LogP contribution in [0.25, 0.3) is 0 Å². The number of likely N-dealkylation sites (tertiary alicyclic amines) is 1. The van der Waals surface area contributed by atoms with Gasteiger partial charge in [0.2, 0.25) is 0 Å². The van der Waals surface area contributed by atoms with Crippen LogP contribution in [0.1, 0.15) is 35.4 Å². The van der Waals surface area contributed by atoms with Gasteiger partial charge in [-0.2, -0.15) is 0 Å². The van der Waals surface area contributed by atoms with E-state index in [0.717, 1.165) is 50.5 Å². The largest absolute Gasteiger partial charge is 0.373 e. The first-order chi connectivity index (χ1) is 10.7. The van der Waals surface area contributed by atoms with Gasteiger partial charge in [0, 0.05) is 25.2 Å². The lowest BCUT2D eigenvalue weighted by Gasteiger charge is -2.31. The fraction of sp³-hybridized carbons (Fsp3) is 0.500. The minimum atomic E-state index is 0.376. The molecule has 0 amide bonds. The SMILES string of the molecule is Cc1noc(C)c1CN1CCC(OCc2ccccc2)CC1. The summed E-state index contributed by atoms with van der Waals surface area (Å²) in [6.07, 6.45) is 2.56. The van der Waals surface area contributed by atoms with Crippen molar-refractivity contribution < 1.29 is 9.26 Å². The van der Waals surface area contributed by atoms with Gasteiger partial charge in [0.25, 0.3) is 0 Å². The smallest absolute Gasteiger partial charge is 0.138 e. The van der Waals surface area contributed by atoms with E-state index in [0.29, 0.717) is 6.10 Å². The van der Waals surface area contributed by atoms with Gasteiger partial charge in [0.05, 0.1) is 18.4 Å². The molecule has 0 N–H and O–H groups in total. The molecule has 1 saturated heterocycles. The zero-order valence-electron chi connectivity index (χ0n) is 13.4. The fourth-order valence-electron chi connectivity index (χ4n) is 2.97. The number of nitrogens with zero attached hydrogens (tertiary/aromatic N) is 2. The van der Waals surface area contributed by atoms with E-state index < -0.39 is 0 Å². The Kier molecular flexibility index (Phi) is 4.90. The third-order valence-electron chi connectivity index (χ3n) is 4.43. The summed E-state index contributed by atoms with van der Waals surface area (Å²) in [5.74, 6) is 0.944. The third kappa shape index (κ3) is 3.76. The summed E-state index contributed by atoms with van der Waals surface area (Å²) in [4.78, 5) is 2.47. The van der Waals surface area contributed by atoms with Crippen molar-refractivity contribution in [2.24, 2.45) is 0 Å². The first-order valence-corrected chi connectivity index (χ1v) is 8.02. The molecule has 1 aromatic heterocycles. The number of benzene rings is 1. The number of aryl methyl sites for hydroxylation is 2. The Labute approximate surface area is 132 Å². The molecule has 1 aliphatic heterocycles. The predicted octanol–water partition coefficient (Wildman–Crippen LogP) is 3.47. The highest BCUT2D eigenvalue weighted by atomic mass is 16.5. The number of piperidine rings is 1. The number of aromatic nitrogens is 1. The van der Waals surface area contributed by atoms with Gasteiger partial charge in [-0.1, -0.05) is 35.5 Å². The molecule has 1 aliphatic rings. The highest BCUT2D eigenvalue weighted by molar-refractivity contribution is 5.20. The summed E-state index contributed by atoms with van der Waals surface area (Å²) in [5, 5.41) is 4.03. The molecule has 3 rings (SSSR count). The van der Waals surface area contributed by atoms with Gasteiger partial charge < -0.3 is 9.26 Å². The highest BCUT2D eigenvalue weighted by Gasteiger charge is 2.21. The Morgan fingerprint density at radius 2 is 1.91 bits per heavy atom. The number of ether oxygens (including phenoxy) is 1. The van der Waals surface area contributed by atoms with Crippen LogP contribution in [-0.4, -0.2) is 29.3 Å². The molecule has 118 valence electrons. The van der Waals surface area contributed by atoms with Gasteiger partial charge in [-0.25, -0.2) is 0 Å². The Bertz CT molecular complexity index is 567. The minimum absolute atomic E-state index is 0.376. The summed E-state index contributed by atoms with van der Waals surface area (Å²) in [5.41, 5.74) is 3.50. The normalized spacial score (nSPS) is 17.0. The van der Waals surface area contributed by atoms with E-state index in [4.69, 9.17) is 9.26 Å². The monoisotopic (exact) mass is 300 g/mol. The molecule has 2 heterocycles. The minimum Gasteiger partial charge on any atom is -0.373 e. The Hall–Kier alpha value is -1.65. The molecule has 4 heteroatoms. The average Bonchev–Trinajstić information content (AvgIpc) is 2.87. The van der Waals surface area contributed by atoms with Gasteiger partial charge in [-0.15, -0.1) is 0 Å². The molecule has 0 aliphatic carbocycles. The zero-order valence-corrected chi connectivity index (χ0v) is 13.4. The lowest BCUT2D eigenvalue weighted by atomic mass is 10.1. The lowest BCUT2D eigenvalue weighted by molar-refractivity contribution is -0.00402. The van der Waals surface area contributed by atoms with Crippen molar-refractivity contribution in [3.63, 3.8) is 0 Å². The van der Waals surface area contributed by atoms with E-state index in [1.165, 1.54) is 11.1 Å². The first-order valence-electron chi connectivity index (χ1n) is 8.02. The van der Waals surface area contributed by atoms with Crippen LogP contribution in [-0.2, 0) is 17.9 Å². The Morgan fingerprint density at radius 1 is 1.18 bits per heavy atom. The highest BCUT2D eigenvalue weighted by Crippen LogP contribution is 2.20. The lowest BCUT2D eigenvalue weighted by Crippen LogP contribution is -2.36. The van der Waals surface area contributed by atoms with Crippen molar-refractivity contribution in [3.8, 4) is 0 Å². The summed E-state index contributed by atoms with van der Waals surface area (Å²) >= 11 is 0. The van der Waals surface area contributed by atoms with Gasteiger partial charge in [0.15, 0.2) is 0 Å². The average molecular weight is 300 g/mol. The first kappa shape index (κ1) is 15.3.